The number of hydrogen-bond donors (Lipinski definition) is 1. The van der Waals surface area contributed by atoms with E-state index in [0.29, 0.717) is 5.56 Å². The molecule has 176 valence electrons. The van der Waals surface area contributed by atoms with Crippen LogP contribution in [0.25, 0.3) is 0 Å². The number of nitrogens with zero attached hydrogens (tertiary/aromatic N) is 3. The predicted octanol–water partition coefficient (Wildman–Crippen LogP) is 7.10. The minimum atomic E-state index is -4.66. The number of carbonyl (C=O) groups is 2. The van der Waals surface area contributed by atoms with Gasteiger partial charge in [-0.2, -0.15) is 13.2 Å². The number of anilines is 4. The minimum Gasteiger partial charge on any atom is -0.506 e. The molecule has 0 fully saturated rings. The van der Waals surface area contributed by atoms with Gasteiger partial charge in [0.15, 0.2) is 0 Å². The van der Waals surface area contributed by atoms with Gasteiger partial charge in [-0.3, -0.25) is 9.80 Å². The largest absolute Gasteiger partial charge is 0.506 e. The highest BCUT2D eigenvalue weighted by Crippen LogP contribution is 2.44. The lowest BCUT2D eigenvalue weighted by Gasteiger charge is -2.27. The number of imide groups is 1. The highest BCUT2D eigenvalue weighted by Gasteiger charge is 2.41. The fourth-order valence-electron chi connectivity index (χ4n) is 3.82. The molecule has 1 aliphatic heterocycles. The number of hydrogen-bond acceptors (Lipinski definition) is 3. The van der Waals surface area contributed by atoms with Crippen LogP contribution in [0.4, 0.5) is 45.5 Å². The second-order valence-corrected chi connectivity index (χ2v) is 8.02. The number of fused-ring (bicyclic) bond motifs is 1. The van der Waals surface area contributed by atoms with Crippen LogP contribution in [0.3, 0.4) is 0 Å². The summed E-state index contributed by atoms with van der Waals surface area (Å²) < 4.78 is 40.7. The quantitative estimate of drug-likeness (QED) is 0.427. The summed E-state index contributed by atoms with van der Waals surface area (Å²) >= 11 is 6.11. The molecule has 10 heteroatoms. The van der Waals surface area contributed by atoms with E-state index in [0.717, 1.165) is 21.9 Å². The molecule has 0 atom stereocenters. The number of rotatable bonds is 3. The Morgan fingerprint density at radius 2 is 1.56 bits per heavy atom. The molecule has 0 unspecified atom stereocenters. The third-order valence-corrected chi connectivity index (χ3v) is 5.75. The van der Waals surface area contributed by atoms with Gasteiger partial charge in [0.05, 0.1) is 33.3 Å². The fraction of sp³-hybridized carbons (Fsp3) is 0.167. The molecule has 1 aliphatic rings. The highest BCUT2D eigenvalue weighted by molar-refractivity contribution is 6.33. The van der Waals surface area contributed by atoms with Gasteiger partial charge in [-0.05, 0) is 61.9 Å². The van der Waals surface area contributed by atoms with Crippen molar-refractivity contribution in [3.05, 3.63) is 76.8 Å². The Bertz CT molecular complexity index is 1260. The van der Waals surface area contributed by atoms with E-state index in [9.17, 15) is 27.9 Å². The molecule has 0 saturated heterocycles. The lowest BCUT2D eigenvalue weighted by atomic mass is 10.1. The van der Waals surface area contributed by atoms with Gasteiger partial charge in [-0.25, -0.2) is 14.5 Å². The van der Waals surface area contributed by atoms with E-state index in [1.165, 1.54) is 23.1 Å². The van der Waals surface area contributed by atoms with Crippen molar-refractivity contribution in [2.45, 2.75) is 20.0 Å². The smallest absolute Gasteiger partial charge is 0.416 e. The zero-order chi connectivity index (χ0) is 24.8. The van der Waals surface area contributed by atoms with Gasteiger partial charge in [0.2, 0.25) is 0 Å². The van der Waals surface area contributed by atoms with Crippen LogP contribution in [0.15, 0.2) is 60.7 Å². The summed E-state index contributed by atoms with van der Waals surface area (Å²) in [4.78, 5) is 30.6. The van der Waals surface area contributed by atoms with E-state index in [-0.39, 0.29) is 40.1 Å². The van der Waals surface area contributed by atoms with Crippen molar-refractivity contribution in [2.24, 2.45) is 0 Å². The van der Waals surface area contributed by atoms with Gasteiger partial charge < -0.3 is 5.11 Å². The summed E-state index contributed by atoms with van der Waals surface area (Å²) in [6, 6.07) is 12.0. The van der Waals surface area contributed by atoms with Gasteiger partial charge in [0.25, 0.3) is 0 Å². The van der Waals surface area contributed by atoms with Crippen LogP contribution in [0.5, 0.6) is 5.75 Å². The number of aryl methyl sites for hydroxylation is 1. The van der Waals surface area contributed by atoms with E-state index in [4.69, 9.17) is 11.6 Å². The lowest BCUT2D eigenvalue weighted by Crippen LogP contribution is -2.48. The summed E-state index contributed by atoms with van der Waals surface area (Å²) in [5.74, 6) is -0.203. The number of urea groups is 2. The number of carbonyl (C=O) groups excluding carboxylic acids is 2. The van der Waals surface area contributed by atoms with Gasteiger partial charge in [-0.1, -0.05) is 29.8 Å². The van der Waals surface area contributed by atoms with Gasteiger partial charge >= 0.3 is 18.2 Å². The minimum absolute atomic E-state index is 0.0681. The van der Waals surface area contributed by atoms with E-state index in [1.807, 2.05) is 0 Å². The molecule has 34 heavy (non-hydrogen) atoms. The maximum atomic E-state index is 13.9. The van der Waals surface area contributed by atoms with E-state index in [2.05, 4.69) is 0 Å². The first-order valence-corrected chi connectivity index (χ1v) is 10.6. The maximum Gasteiger partial charge on any atom is 0.416 e. The Kier molecular flexibility index (Phi) is 5.91. The summed E-state index contributed by atoms with van der Waals surface area (Å²) in [7, 11) is 0. The average molecular weight is 490 g/mol. The third-order valence-electron chi connectivity index (χ3n) is 5.47. The summed E-state index contributed by atoms with van der Waals surface area (Å²) in [6.07, 6.45) is -4.66. The van der Waals surface area contributed by atoms with Crippen LogP contribution < -0.4 is 14.7 Å². The summed E-state index contributed by atoms with van der Waals surface area (Å²) in [6.45, 7) is 3.28. The SMILES string of the molecule is CCN1C(=O)N(c2cc(C)c(O)c(Cl)c2)C(=O)N(c2ccccc2)c2cc(C(F)(F)F)ccc21. The monoisotopic (exact) mass is 489 g/mol. The van der Waals surface area contributed by atoms with Crippen LogP contribution in [-0.4, -0.2) is 23.7 Å². The number of alkyl halides is 3. The second kappa shape index (κ2) is 8.57. The Hall–Kier alpha value is -3.72. The van der Waals surface area contributed by atoms with Crippen LogP contribution in [0.2, 0.25) is 5.02 Å². The van der Waals surface area contributed by atoms with Gasteiger partial charge in [0, 0.05) is 6.54 Å². The molecule has 0 saturated carbocycles. The van der Waals surface area contributed by atoms with Crippen molar-refractivity contribution in [3.8, 4) is 5.75 Å². The highest BCUT2D eigenvalue weighted by atomic mass is 35.5. The number of amides is 4. The van der Waals surface area contributed by atoms with Gasteiger partial charge in [0.1, 0.15) is 5.75 Å². The zero-order valence-corrected chi connectivity index (χ0v) is 18.9. The molecule has 0 aromatic heterocycles. The lowest BCUT2D eigenvalue weighted by molar-refractivity contribution is -0.137. The van der Waals surface area contributed by atoms with E-state index < -0.39 is 23.8 Å². The number of para-hydroxylation sites is 1. The maximum absolute atomic E-state index is 13.9. The van der Waals surface area contributed by atoms with Crippen LogP contribution in [0, 0.1) is 6.92 Å². The number of benzene rings is 3. The van der Waals surface area contributed by atoms with Crippen molar-refractivity contribution in [2.75, 3.05) is 21.2 Å². The molecule has 0 aliphatic carbocycles. The molecule has 1 heterocycles. The van der Waals surface area contributed by atoms with Crippen molar-refractivity contribution in [3.63, 3.8) is 0 Å². The molecule has 3 aromatic carbocycles. The number of halogens is 4. The molecular weight excluding hydrogens is 471 g/mol. The Labute approximate surface area is 198 Å². The standard InChI is InChI=1S/C24H19ClF3N3O3/c1-3-29-19-10-9-15(24(26,27)28)12-20(19)30(16-7-5-4-6-8-16)23(34)31(22(29)33)17-11-14(2)21(32)18(25)13-17/h4-13,32H,3H2,1-2H3. The number of phenolic OH excluding ortho intramolecular Hbond substituents is 1. The molecule has 0 spiro atoms. The van der Waals surface area contributed by atoms with E-state index >= 15 is 0 Å². The van der Waals surface area contributed by atoms with E-state index in [1.54, 1.807) is 44.2 Å². The third kappa shape index (κ3) is 3.92. The van der Waals surface area contributed by atoms with Crippen molar-refractivity contribution < 1.29 is 27.9 Å². The van der Waals surface area contributed by atoms with Crippen molar-refractivity contribution in [1.29, 1.82) is 0 Å². The Morgan fingerprint density at radius 1 is 0.882 bits per heavy atom. The molecule has 4 rings (SSSR count). The Balaban J connectivity index is 2.01. The molecule has 0 radical (unpaired) electrons. The molecule has 3 aromatic rings. The fourth-order valence-corrected chi connectivity index (χ4v) is 4.08. The topological polar surface area (TPSA) is 64.1 Å². The average Bonchev–Trinajstić information content (AvgIpc) is 2.87. The first kappa shape index (κ1) is 23.4. The van der Waals surface area contributed by atoms with Crippen LogP contribution in [0.1, 0.15) is 18.1 Å². The second-order valence-electron chi connectivity index (χ2n) is 7.61. The number of aromatic hydroxyl groups is 1. The summed E-state index contributed by atoms with van der Waals surface area (Å²) in [5.41, 5.74) is -0.255. The molecular formula is C24H19ClF3N3O3. The first-order chi connectivity index (χ1) is 16.0. The molecule has 1 N–H and O–H groups in total. The first-order valence-electron chi connectivity index (χ1n) is 10.3. The predicted molar refractivity (Wildman–Crippen MR) is 124 cm³/mol. The van der Waals surface area contributed by atoms with Crippen LogP contribution >= 0.6 is 11.6 Å². The van der Waals surface area contributed by atoms with Crippen molar-refractivity contribution >= 4 is 46.4 Å². The van der Waals surface area contributed by atoms with Gasteiger partial charge in [-0.15, -0.1) is 0 Å². The number of phenols is 1. The van der Waals surface area contributed by atoms with Crippen LogP contribution in [-0.2, 0) is 6.18 Å². The zero-order valence-electron chi connectivity index (χ0n) is 18.1. The Morgan fingerprint density at radius 3 is 2.15 bits per heavy atom. The van der Waals surface area contributed by atoms with Crippen molar-refractivity contribution in [1.82, 2.24) is 0 Å². The molecule has 6 nitrogen and oxygen atoms in total. The molecule has 0 bridgehead atoms. The molecule has 4 amide bonds. The summed E-state index contributed by atoms with van der Waals surface area (Å²) in [5, 5.41) is 9.97. The normalized spacial score (nSPS) is 14.4.